The molecule has 2 rings (SSSR count). The van der Waals surface area contributed by atoms with Crippen LogP contribution in [-0.4, -0.2) is 9.38 Å². The van der Waals surface area contributed by atoms with Crippen LogP contribution < -0.4 is 5.73 Å². The van der Waals surface area contributed by atoms with Crippen LogP contribution in [0, 0.1) is 6.92 Å². The molecule has 0 spiro atoms. The highest BCUT2D eigenvalue weighted by atomic mass is 15.0. The van der Waals surface area contributed by atoms with Gasteiger partial charge in [-0.25, -0.2) is 4.98 Å². The number of fused-ring (bicyclic) bond motifs is 1. The molecule has 0 aromatic carbocycles. The Hall–Kier alpha value is -1.35. The van der Waals surface area contributed by atoms with Gasteiger partial charge in [-0.05, 0) is 25.0 Å². The highest BCUT2D eigenvalue weighted by molar-refractivity contribution is 5.48. The first-order valence-electron chi connectivity index (χ1n) is 5.42. The maximum atomic E-state index is 6.11. The zero-order valence-electron chi connectivity index (χ0n) is 9.27. The largest absolute Gasteiger partial charge is 0.323 e. The lowest BCUT2D eigenvalue weighted by atomic mass is 10.1. The fraction of sp³-hybridized carbons (Fsp3) is 0.417. The van der Waals surface area contributed by atoms with Gasteiger partial charge in [0.25, 0.3) is 0 Å². The molecule has 0 amide bonds. The van der Waals surface area contributed by atoms with Crippen molar-refractivity contribution in [1.29, 1.82) is 0 Å². The molecule has 15 heavy (non-hydrogen) atoms. The van der Waals surface area contributed by atoms with Crippen LogP contribution in [0.15, 0.2) is 24.5 Å². The first-order chi connectivity index (χ1) is 7.24. The van der Waals surface area contributed by atoms with E-state index in [1.54, 1.807) is 0 Å². The molecule has 0 saturated heterocycles. The second-order valence-corrected chi connectivity index (χ2v) is 3.96. The lowest BCUT2D eigenvalue weighted by Crippen LogP contribution is -2.12. The van der Waals surface area contributed by atoms with Crippen molar-refractivity contribution >= 4 is 5.65 Å². The first kappa shape index (κ1) is 10.2. The smallest absolute Gasteiger partial charge is 0.139 e. The Morgan fingerprint density at radius 3 is 3.07 bits per heavy atom. The number of aryl methyl sites for hydroxylation is 1. The molecule has 80 valence electrons. The van der Waals surface area contributed by atoms with Crippen LogP contribution in [0.5, 0.6) is 0 Å². The van der Waals surface area contributed by atoms with Crippen LogP contribution >= 0.6 is 0 Å². The van der Waals surface area contributed by atoms with Gasteiger partial charge in [0.2, 0.25) is 0 Å². The Morgan fingerprint density at radius 2 is 2.33 bits per heavy atom. The van der Waals surface area contributed by atoms with E-state index in [4.69, 9.17) is 5.73 Å². The summed E-state index contributed by atoms with van der Waals surface area (Å²) in [6, 6.07) is 4.19. The Labute approximate surface area is 89.9 Å². The van der Waals surface area contributed by atoms with Crippen molar-refractivity contribution in [1.82, 2.24) is 9.38 Å². The van der Waals surface area contributed by atoms with Crippen LogP contribution in [0.4, 0.5) is 0 Å². The molecule has 0 aliphatic carbocycles. The van der Waals surface area contributed by atoms with Gasteiger partial charge in [0, 0.05) is 12.2 Å². The van der Waals surface area contributed by atoms with E-state index >= 15 is 0 Å². The van der Waals surface area contributed by atoms with Gasteiger partial charge in [-0.1, -0.05) is 19.4 Å². The van der Waals surface area contributed by atoms with E-state index in [-0.39, 0.29) is 6.04 Å². The standard InChI is InChI=1S/C12H17N3/c1-3-5-10(13)11-8-14-12-9(2)6-4-7-15(11)12/h4,6-8,10H,3,5,13H2,1-2H3. The van der Waals surface area contributed by atoms with Gasteiger partial charge in [-0.3, -0.25) is 0 Å². The minimum atomic E-state index is 0.0896. The molecule has 0 radical (unpaired) electrons. The van der Waals surface area contributed by atoms with Crippen molar-refractivity contribution < 1.29 is 0 Å². The predicted octanol–water partition coefficient (Wildman–Crippen LogP) is 2.44. The van der Waals surface area contributed by atoms with Gasteiger partial charge < -0.3 is 10.1 Å². The van der Waals surface area contributed by atoms with Gasteiger partial charge in [-0.2, -0.15) is 0 Å². The molecule has 1 atom stereocenters. The van der Waals surface area contributed by atoms with Gasteiger partial charge >= 0.3 is 0 Å². The van der Waals surface area contributed by atoms with Crippen LogP contribution in [0.3, 0.4) is 0 Å². The first-order valence-corrected chi connectivity index (χ1v) is 5.42. The van der Waals surface area contributed by atoms with Gasteiger partial charge in [0.1, 0.15) is 5.65 Å². The Balaban J connectivity index is 2.49. The number of imidazole rings is 1. The third-order valence-electron chi connectivity index (χ3n) is 2.74. The molecular formula is C12H17N3. The van der Waals surface area contributed by atoms with Crippen LogP contribution in [-0.2, 0) is 0 Å². The SMILES string of the molecule is CCCC(N)c1cnc2c(C)cccn12. The molecule has 1 unspecified atom stereocenters. The molecule has 0 saturated carbocycles. The molecule has 0 aliphatic rings. The topological polar surface area (TPSA) is 43.3 Å². The monoisotopic (exact) mass is 203 g/mol. The maximum Gasteiger partial charge on any atom is 0.139 e. The number of rotatable bonds is 3. The Morgan fingerprint density at radius 1 is 1.53 bits per heavy atom. The summed E-state index contributed by atoms with van der Waals surface area (Å²) in [5, 5.41) is 0. The number of aromatic nitrogens is 2. The van der Waals surface area contributed by atoms with Crippen molar-refractivity contribution in [2.24, 2.45) is 5.73 Å². The summed E-state index contributed by atoms with van der Waals surface area (Å²) in [4.78, 5) is 4.40. The van der Waals surface area contributed by atoms with E-state index in [0.29, 0.717) is 0 Å². The summed E-state index contributed by atoms with van der Waals surface area (Å²) < 4.78 is 2.09. The van der Waals surface area contributed by atoms with Gasteiger partial charge in [0.05, 0.1) is 11.9 Å². The Kier molecular flexibility index (Phi) is 2.73. The average Bonchev–Trinajstić information content (AvgIpc) is 2.63. The molecule has 2 heterocycles. The fourth-order valence-electron chi connectivity index (χ4n) is 1.90. The van der Waals surface area contributed by atoms with Crippen LogP contribution in [0.2, 0.25) is 0 Å². The average molecular weight is 203 g/mol. The molecule has 3 heteroatoms. The molecule has 2 N–H and O–H groups in total. The third kappa shape index (κ3) is 1.75. The molecule has 0 aliphatic heterocycles. The summed E-state index contributed by atoms with van der Waals surface area (Å²) in [7, 11) is 0. The van der Waals surface area contributed by atoms with E-state index in [1.165, 1.54) is 5.56 Å². The summed E-state index contributed by atoms with van der Waals surface area (Å²) in [5.41, 5.74) is 9.41. The van der Waals surface area contributed by atoms with Crippen molar-refractivity contribution in [2.45, 2.75) is 32.7 Å². The number of nitrogens with two attached hydrogens (primary N) is 1. The van der Waals surface area contributed by atoms with Crippen molar-refractivity contribution in [3.05, 3.63) is 35.8 Å². The number of pyridine rings is 1. The van der Waals surface area contributed by atoms with E-state index in [2.05, 4.69) is 29.3 Å². The van der Waals surface area contributed by atoms with E-state index < -0.39 is 0 Å². The number of nitrogens with zero attached hydrogens (tertiary/aromatic N) is 2. The molecule has 3 nitrogen and oxygen atoms in total. The zero-order valence-corrected chi connectivity index (χ0v) is 9.27. The molecule has 2 aromatic heterocycles. The minimum absolute atomic E-state index is 0.0896. The predicted molar refractivity (Wildman–Crippen MR) is 61.8 cm³/mol. The lowest BCUT2D eigenvalue weighted by molar-refractivity contribution is 0.617. The fourth-order valence-corrected chi connectivity index (χ4v) is 1.90. The summed E-state index contributed by atoms with van der Waals surface area (Å²) in [6.07, 6.45) is 6.02. The quantitative estimate of drug-likeness (QED) is 0.832. The van der Waals surface area contributed by atoms with E-state index in [0.717, 1.165) is 24.2 Å². The minimum Gasteiger partial charge on any atom is -0.323 e. The van der Waals surface area contributed by atoms with Gasteiger partial charge in [-0.15, -0.1) is 0 Å². The summed E-state index contributed by atoms with van der Waals surface area (Å²) in [6.45, 7) is 4.21. The molecule has 0 fully saturated rings. The van der Waals surface area contributed by atoms with Crippen molar-refractivity contribution in [2.75, 3.05) is 0 Å². The number of hydrogen-bond acceptors (Lipinski definition) is 2. The lowest BCUT2D eigenvalue weighted by Gasteiger charge is -2.09. The highest BCUT2D eigenvalue weighted by Crippen LogP contribution is 2.18. The summed E-state index contributed by atoms with van der Waals surface area (Å²) >= 11 is 0. The molecule has 2 aromatic rings. The highest BCUT2D eigenvalue weighted by Gasteiger charge is 2.11. The molecule has 0 bridgehead atoms. The number of hydrogen-bond donors (Lipinski definition) is 1. The zero-order chi connectivity index (χ0) is 10.8. The van der Waals surface area contributed by atoms with Crippen LogP contribution in [0.25, 0.3) is 5.65 Å². The van der Waals surface area contributed by atoms with E-state index in [1.807, 2.05) is 18.5 Å². The van der Waals surface area contributed by atoms with Gasteiger partial charge in [0.15, 0.2) is 0 Å². The second kappa shape index (κ2) is 4.03. The Bertz CT molecular complexity index is 459. The second-order valence-electron chi connectivity index (χ2n) is 3.96. The maximum absolute atomic E-state index is 6.11. The van der Waals surface area contributed by atoms with Crippen molar-refractivity contribution in [3.8, 4) is 0 Å². The summed E-state index contributed by atoms with van der Waals surface area (Å²) in [5.74, 6) is 0. The van der Waals surface area contributed by atoms with E-state index in [9.17, 15) is 0 Å². The molecular weight excluding hydrogens is 186 g/mol. The van der Waals surface area contributed by atoms with Crippen LogP contribution in [0.1, 0.15) is 37.1 Å². The normalized spacial score (nSPS) is 13.3. The third-order valence-corrected chi connectivity index (χ3v) is 2.74. The van der Waals surface area contributed by atoms with Crippen molar-refractivity contribution in [3.63, 3.8) is 0 Å².